The van der Waals surface area contributed by atoms with Gasteiger partial charge in [-0.05, 0) is 42.5 Å². The Hall–Kier alpha value is -0.500. The highest BCUT2D eigenvalue weighted by Crippen LogP contribution is 2.40. The molecule has 0 unspecified atom stereocenters. The summed E-state index contributed by atoms with van der Waals surface area (Å²) < 4.78 is 1.14. The van der Waals surface area contributed by atoms with Gasteiger partial charge >= 0.3 is 0 Å². The second-order valence-corrected chi connectivity index (χ2v) is 5.44. The Morgan fingerprint density at radius 3 is 2.43 bits per heavy atom. The van der Waals surface area contributed by atoms with E-state index in [-0.39, 0.29) is 0 Å². The summed E-state index contributed by atoms with van der Waals surface area (Å²) >= 11 is 3.43. The summed E-state index contributed by atoms with van der Waals surface area (Å²) in [7, 11) is 0. The first-order valence-corrected chi connectivity index (χ1v) is 5.97. The molecule has 0 heterocycles. The molecule has 0 saturated heterocycles. The van der Waals surface area contributed by atoms with Gasteiger partial charge in [0.1, 0.15) is 0 Å². The van der Waals surface area contributed by atoms with E-state index in [9.17, 15) is 0 Å². The minimum atomic E-state index is 0.549. The Kier molecular flexibility index (Phi) is 2.82. The Labute approximate surface area is 94.0 Å². The minimum Gasteiger partial charge on any atom is -0.384 e. The highest BCUT2D eigenvalue weighted by atomic mass is 79.9. The minimum absolute atomic E-state index is 0.549. The van der Waals surface area contributed by atoms with E-state index in [0.29, 0.717) is 5.41 Å². The average molecular weight is 254 g/mol. The molecule has 1 saturated carbocycles. The molecule has 0 radical (unpaired) electrons. The van der Waals surface area contributed by atoms with Crippen LogP contribution in [-0.2, 0) is 0 Å². The smallest absolute Gasteiger partial charge is 0.0341 e. The molecule has 0 amide bonds. The molecule has 0 bridgehead atoms. The molecule has 76 valence electrons. The van der Waals surface area contributed by atoms with Gasteiger partial charge in [-0.25, -0.2) is 0 Å². The van der Waals surface area contributed by atoms with E-state index >= 15 is 0 Å². The summed E-state index contributed by atoms with van der Waals surface area (Å²) in [6.07, 6.45) is 4.14. The van der Waals surface area contributed by atoms with Crippen molar-refractivity contribution in [1.29, 1.82) is 0 Å². The van der Waals surface area contributed by atoms with E-state index in [1.165, 1.54) is 24.9 Å². The van der Waals surface area contributed by atoms with E-state index in [1.54, 1.807) is 0 Å². The lowest BCUT2D eigenvalue weighted by molar-refractivity contribution is 0.180. The van der Waals surface area contributed by atoms with E-state index in [4.69, 9.17) is 0 Å². The van der Waals surface area contributed by atoms with Crippen LogP contribution in [-0.4, -0.2) is 6.54 Å². The normalized spacial score (nSPS) is 18.7. The molecule has 1 fully saturated rings. The maximum atomic E-state index is 3.49. The summed E-state index contributed by atoms with van der Waals surface area (Å²) in [6.45, 7) is 3.47. The van der Waals surface area contributed by atoms with Crippen LogP contribution in [0, 0.1) is 5.41 Å². The van der Waals surface area contributed by atoms with Crippen molar-refractivity contribution in [3.05, 3.63) is 28.7 Å². The fourth-order valence-electron chi connectivity index (χ4n) is 1.84. The molecule has 2 rings (SSSR count). The van der Waals surface area contributed by atoms with Crippen molar-refractivity contribution in [2.24, 2.45) is 5.41 Å². The second kappa shape index (κ2) is 3.93. The first-order chi connectivity index (χ1) is 6.68. The largest absolute Gasteiger partial charge is 0.384 e. The Bertz CT molecular complexity index is 301. The predicted molar refractivity (Wildman–Crippen MR) is 64.6 cm³/mol. The number of rotatable bonds is 3. The zero-order valence-corrected chi connectivity index (χ0v) is 10.1. The van der Waals surface area contributed by atoms with Crippen molar-refractivity contribution in [3.63, 3.8) is 0 Å². The van der Waals surface area contributed by atoms with Crippen LogP contribution in [0.1, 0.15) is 26.2 Å². The number of hydrogen-bond donors (Lipinski definition) is 1. The van der Waals surface area contributed by atoms with Crippen LogP contribution >= 0.6 is 15.9 Å². The third-order valence-corrected chi connectivity index (χ3v) is 3.65. The second-order valence-electron chi connectivity index (χ2n) is 4.52. The van der Waals surface area contributed by atoms with Crippen molar-refractivity contribution in [2.75, 3.05) is 11.9 Å². The summed E-state index contributed by atoms with van der Waals surface area (Å²) in [5.41, 5.74) is 1.77. The van der Waals surface area contributed by atoms with Gasteiger partial charge in [-0.1, -0.05) is 29.3 Å². The van der Waals surface area contributed by atoms with Crippen molar-refractivity contribution in [3.8, 4) is 0 Å². The molecule has 1 aliphatic carbocycles. The lowest BCUT2D eigenvalue weighted by Crippen LogP contribution is -2.33. The van der Waals surface area contributed by atoms with Crippen LogP contribution in [0.2, 0.25) is 0 Å². The molecule has 0 atom stereocenters. The van der Waals surface area contributed by atoms with Crippen molar-refractivity contribution in [1.82, 2.24) is 0 Å². The number of hydrogen-bond acceptors (Lipinski definition) is 1. The summed E-state index contributed by atoms with van der Waals surface area (Å²) in [5.74, 6) is 0. The van der Waals surface area contributed by atoms with Gasteiger partial charge in [-0.15, -0.1) is 0 Å². The topological polar surface area (TPSA) is 12.0 Å². The Morgan fingerprint density at radius 1 is 1.29 bits per heavy atom. The van der Waals surface area contributed by atoms with E-state index < -0.39 is 0 Å². The van der Waals surface area contributed by atoms with Crippen molar-refractivity contribution in [2.45, 2.75) is 26.2 Å². The zero-order chi connectivity index (χ0) is 10.0. The van der Waals surface area contributed by atoms with Crippen LogP contribution in [0.4, 0.5) is 5.69 Å². The summed E-state index contributed by atoms with van der Waals surface area (Å²) in [6, 6.07) is 8.38. The average Bonchev–Trinajstić information content (AvgIpc) is 2.14. The van der Waals surface area contributed by atoms with Crippen molar-refractivity contribution < 1.29 is 0 Å². The van der Waals surface area contributed by atoms with Gasteiger partial charge < -0.3 is 5.32 Å². The van der Waals surface area contributed by atoms with Gasteiger partial charge in [0.2, 0.25) is 0 Å². The third kappa shape index (κ3) is 2.30. The van der Waals surface area contributed by atoms with Crippen LogP contribution in [0.15, 0.2) is 28.7 Å². The molecule has 14 heavy (non-hydrogen) atoms. The fourth-order valence-corrected chi connectivity index (χ4v) is 2.10. The van der Waals surface area contributed by atoms with Crippen LogP contribution in [0.5, 0.6) is 0 Å². The Balaban J connectivity index is 1.88. The van der Waals surface area contributed by atoms with Gasteiger partial charge in [-0.3, -0.25) is 0 Å². The standard InChI is InChI=1S/C12H16BrN/c1-12(7-2-8-12)9-14-11-5-3-10(13)4-6-11/h3-6,14H,2,7-9H2,1H3. The van der Waals surface area contributed by atoms with Gasteiger partial charge in [-0.2, -0.15) is 0 Å². The first kappa shape index (κ1) is 10.0. The molecule has 2 heteroatoms. The van der Waals surface area contributed by atoms with Crippen LogP contribution in [0.25, 0.3) is 0 Å². The van der Waals surface area contributed by atoms with Gasteiger partial charge in [0.25, 0.3) is 0 Å². The third-order valence-electron chi connectivity index (χ3n) is 3.12. The summed E-state index contributed by atoms with van der Waals surface area (Å²) in [4.78, 5) is 0. The molecule has 0 aliphatic heterocycles. The van der Waals surface area contributed by atoms with Gasteiger partial charge in [0, 0.05) is 16.7 Å². The molecule has 1 N–H and O–H groups in total. The molecule has 1 aromatic rings. The maximum absolute atomic E-state index is 3.49. The predicted octanol–water partition coefficient (Wildman–Crippen LogP) is 4.05. The maximum Gasteiger partial charge on any atom is 0.0341 e. The highest BCUT2D eigenvalue weighted by Gasteiger charge is 2.31. The van der Waals surface area contributed by atoms with E-state index in [1.807, 2.05) is 0 Å². The molecule has 1 aliphatic rings. The molecule has 1 nitrogen and oxygen atoms in total. The molecule has 1 aromatic carbocycles. The molecule has 0 aromatic heterocycles. The van der Waals surface area contributed by atoms with E-state index in [0.717, 1.165) is 11.0 Å². The zero-order valence-electron chi connectivity index (χ0n) is 8.52. The van der Waals surface area contributed by atoms with Gasteiger partial charge in [0.05, 0.1) is 0 Å². The highest BCUT2D eigenvalue weighted by molar-refractivity contribution is 9.10. The van der Waals surface area contributed by atoms with Gasteiger partial charge in [0.15, 0.2) is 0 Å². The first-order valence-electron chi connectivity index (χ1n) is 5.17. The Morgan fingerprint density at radius 2 is 1.93 bits per heavy atom. The molecule has 0 spiro atoms. The molecular weight excluding hydrogens is 238 g/mol. The van der Waals surface area contributed by atoms with E-state index in [2.05, 4.69) is 52.4 Å². The molecular formula is C12H16BrN. The van der Waals surface area contributed by atoms with Crippen LogP contribution in [0.3, 0.4) is 0 Å². The lowest BCUT2D eigenvalue weighted by Gasteiger charge is -2.38. The number of anilines is 1. The number of nitrogens with one attached hydrogen (secondary N) is 1. The SMILES string of the molecule is CC1(CNc2ccc(Br)cc2)CCC1. The number of halogens is 1. The quantitative estimate of drug-likeness (QED) is 0.857. The lowest BCUT2D eigenvalue weighted by atomic mass is 9.70. The number of benzene rings is 1. The summed E-state index contributed by atoms with van der Waals surface area (Å²) in [5, 5.41) is 3.49. The van der Waals surface area contributed by atoms with Crippen molar-refractivity contribution >= 4 is 21.6 Å². The monoisotopic (exact) mass is 253 g/mol. The fraction of sp³-hybridized carbons (Fsp3) is 0.500. The van der Waals surface area contributed by atoms with Crippen LogP contribution < -0.4 is 5.32 Å².